The van der Waals surface area contributed by atoms with Gasteiger partial charge in [0.15, 0.2) is 5.11 Å². The minimum absolute atomic E-state index is 0.0871. The van der Waals surface area contributed by atoms with Crippen molar-refractivity contribution in [3.8, 4) is 0 Å². The maximum absolute atomic E-state index is 14.0. The summed E-state index contributed by atoms with van der Waals surface area (Å²) >= 11 is 5.77. The van der Waals surface area contributed by atoms with E-state index in [1.54, 1.807) is 19.2 Å². The normalized spacial score (nSPS) is 18.9. The predicted molar refractivity (Wildman–Crippen MR) is 123 cm³/mol. The minimum Gasteiger partial charge on any atom is -0.351 e. The van der Waals surface area contributed by atoms with Gasteiger partial charge in [0, 0.05) is 29.3 Å². The van der Waals surface area contributed by atoms with E-state index in [-0.39, 0.29) is 17.9 Å². The van der Waals surface area contributed by atoms with Gasteiger partial charge in [-0.1, -0.05) is 6.07 Å². The van der Waals surface area contributed by atoms with Crippen LogP contribution in [0.1, 0.15) is 60.2 Å². The topological polar surface area (TPSA) is 33.1 Å². The second-order valence-electron chi connectivity index (χ2n) is 8.22. The van der Waals surface area contributed by atoms with E-state index in [1.165, 1.54) is 23.0 Å². The number of hydrogen-bond donors (Lipinski definition) is 1. The molecule has 1 fully saturated rings. The molecule has 1 aliphatic heterocycles. The van der Waals surface area contributed by atoms with Gasteiger partial charge in [-0.2, -0.15) is 0 Å². The monoisotopic (exact) mass is 422 g/mol. The first-order valence-electron chi connectivity index (χ1n) is 10.2. The van der Waals surface area contributed by atoms with Crippen molar-refractivity contribution in [3.05, 3.63) is 82.7 Å². The van der Waals surface area contributed by atoms with E-state index in [1.807, 2.05) is 24.3 Å². The molecule has 0 bridgehead atoms. The smallest absolute Gasteiger partial charge is 0.174 e. The lowest BCUT2D eigenvalue weighted by Crippen LogP contribution is -2.29. The summed E-state index contributed by atoms with van der Waals surface area (Å²) in [6, 6.07) is 13.5. The second-order valence-corrected chi connectivity index (χ2v) is 8.61. The Balaban J connectivity index is 1.90. The largest absolute Gasteiger partial charge is 0.351 e. The Bertz CT molecular complexity index is 1090. The van der Waals surface area contributed by atoms with E-state index in [2.05, 4.69) is 53.5 Å². The van der Waals surface area contributed by atoms with Crippen LogP contribution in [-0.4, -0.2) is 14.7 Å². The van der Waals surface area contributed by atoms with E-state index in [0.29, 0.717) is 16.7 Å². The van der Waals surface area contributed by atoms with Crippen molar-refractivity contribution in [2.45, 2.75) is 52.7 Å². The molecule has 1 aromatic carbocycles. The molecule has 1 aliphatic rings. The number of hydrogen-bond acceptors (Lipinski definition) is 2. The van der Waals surface area contributed by atoms with E-state index < -0.39 is 0 Å². The van der Waals surface area contributed by atoms with Gasteiger partial charge < -0.3 is 14.8 Å². The average molecular weight is 423 g/mol. The molecule has 0 saturated carbocycles. The molecule has 0 unspecified atom stereocenters. The van der Waals surface area contributed by atoms with Gasteiger partial charge in [-0.05, 0) is 94.4 Å². The van der Waals surface area contributed by atoms with Crippen LogP contribution in [0.3, 0.4) is 0 Å². The lowest BCUT2D eigenvalue weighted by Gasteiger charge is -2.28. The van der Waals surface area contributed by atoms with Crippen molar-refractivity contribution in [2.24, 2.45) is 0 Å². The zero-order valence-electron chi connectivity index (χ0n) is 18.0. The number of anilines is 1. The van der Waals surface area contributed by atoms with Gasteiger partial charge >= 0.3 is 0 Å². The van der Waals surface area contributed by atoms with Crippen LogP contribution in [0.5, 0.6) is 0 Å². The van der Waals surface area contributed by atoms with Gasteiger partial charge in [0.2, 0.25) is 0 Å². The fourth-order valence-corrected chi connectivity index (χ4v) is 4.97. The molecule has 2 aromatic heterocycles. The molecule has 0 amide bonds. The van der Waals surface area contributed by atoms with Crippen LogP contribution in [0, 0.1) is 26.6 Å². The molecule has 0 spiro atoms. The van der Waals surface area contributed by atoms with Crippen LogP contribution in [0.2, 0.25) is 0 Å². The number of benzene rings is 1. The number of thiocarbonyl (C=S) groups is 1. The molecule has 0 radical (unpaired) electrons. The number of pyridine rings is 1. The van der Waals surface area contributed by atoms with Crippen molar-refractivity contribution in [2.75, 3.05) is 4.90 Å². The summed E-state index contributed by atoms with van der Waals surface area (Å²) in [5.74, 6) is -0.215. The molecule has 2 atom stereocenters. The van der Waals surface area contributed by atoms with Crippen molar-refractivity contribution < 1.29 is 4.39 Å². The highest BCUT2D eigenvalue weighted by Gasteiger charge is 2.42. The Morgan fingerprint density at radius 1 is 1.10 bits per heavy atom. The molecule has 4 nitrogen and oxygen atoms in total. The molecule has 6 heteroatoms. The summed E-state index contributed by atoms with van der Waals surface area (Å²) in [5.41, 5.74) is 6.04. The maximum atomic E-state index is 14.0. The van der Waals surface area contributed by atoms with Gasteiger partial charge in [-0.3, -0.25) is 4.98 Å². The fourth-order valence-electron chi connectivity index (χ4n) is 4.62. The number of nitrogens with one attached hydrogen (secondary N) is 1. The maximum Gasteiger partial charge on any atom is 0.174 e. The third-order valence-corrected chi connectivity index (χ3v) is 6.19. The standard InChI is InChI=1S/C24H27FN4S/c1-14(2)28-16(4)13-19(17(28)5)23-22(21-8-6-7-11-26-21)27-24(30)29(23)18-9-10-20(25)15(3)12-18/h6-14,22-23H,1-5H3,(H,27,30)/t22-,23-/m1/s1. The van der Waals surface area contributed by atoms with E-state index in [4.69, 9.17) is 12.2 Å². The number of halogens is 1. The molecule has 0 aliphatic carbocycles. The molecular weight excluding hydrogens is 395 g/mol. The molecular formula is C24H27FN4S. The van der Waals surface area contributed by atoms with Crippen LogP contribution in [-0.2, 0) is 0 Å². The Labute approximate surface area is 182 Å². The molecule has 1 saturated heterocycles. The lowest BCUT2D eigenvalue weighted by molar-refractivity contribution is 0.547. The summed E-state index contributed by atoms with van der Waals surface area (Å²) in [7, 11) is 0. The molecule has 156 valence electrons. The molecule has 3 aromatic rings. The Morgan fingerprint density at radius 3 is 2.47 bits per heavy atom. The first kappa shape index (κ1) is 20.5. The van der Waals surface area contributed by atoms with Crippen molar-refractivity contribution in [1.82, 2.24) is 14.9 Å². The Kier molecular flexibility index (Phi) is 5.36. The number of aromatic nitrogens is 2. The number of rotatable bonds is 4. The van der Waals surface area contributed by atoms with Crippen LogP contribution in [0.15, 0.2) is 48.7 Å². The SMILES string of the molecule is Cc1cc(N2C(=S)N[C@H](c3ccccn3)[C@H]2c2cc(C)n(C(C)C)c2C)ccc1F. The second kappa shape index (κ2) is 7.84. The minimum atomic E-state index is -0.215. The highest BCUT2D eigenvalue weighted by atomic mass is 32.1. The van der Waals surface area contributed by atoms with Crippen molar-refractivity contribution in [3.63, 3.8) is 0 Å². The third kappa shape index (κ3) is 3.39. The summed E-state index contributed by atoms with van der Waals surface area (Å²) in [6.45, 7) is 10.5. The molecule has 3 heterocycles. The first-order valence-corrected chi connectivity index (χ1v) is 10.7. The van der Waals surface area contributed by atoms with Crippen LogP contribution in [0.4, 0.5) is 10.1 Å². The van der Waals surface area contributed by atoms with Crippen LogP contribution in [0.25, 0.3) is 0 Å². The predicted octanol–water partition coefficient (Wildman–Crippen LogP) is 5.71. The van der Waals surface area contributed by atoms with Crippen LogP contribution >= 0.6 is 12.2 Å². The van der Waals surface area contributed by atoms with Crippen molar-refractivity contribution >= 4 is 23.0 Å². The number of nitrogens with zero attached hydrogens (tertiary/aromatic N) is 3. The van der Waals surface area contributed by atoms with Gasteiger partial charge in [-0.15, -0.1) is 0 Å². The summed E-state index contributed by atoms with van der Waals surface area (Å²) in [4.78, 5) is 6.71. The summed E-state index contributed by atoms with van der Waals surface area (Å²) < 4.78 is 16.3. The summed E-state index contributed by atoms with van der Waals surface area (Å²) in [5, 5.41) is 4.10. The average Bonchev–Trinajstić information content (AvgIpc) is 3.20. The van der Waals surface area contributed by atoms with E-state index in [0.717, 1.165) is 11.4 Å². The van der Waals surface area contributed by atoms with Crippen LogP contribution < -0.4 is 10.2 Å². The lowest BCUT2D eigenvalue weighted by atomic mass is 9.96. The van der Waals surface area contributed by atoms with E-state index >= 15 is 0 Å². The van der Waals surface area contributed by atoms with Gasteiger partial charge in [-0.25, -0.2) is 4.39 Å². The Hall–Kier alpha value is -2.73. The van der Waals surface area contributed by atoms with Gasteiger partial charge in [0.1, 0.15) is 5.82 Å². The van der Waals surface area contributed by atoms with Gasteiger partial charge in [0.05, 0.1) is 17.8 Å². The highest BCUT2D eigenvalue weighted by molar-refractivity contribution is 7.80. The van der Waals surface area contributed by atoms with Gasteiger partial charge in [0.25, 0.3) is 0 Å². The molecule has 30 heavy (non-hydrogen) atoms. The van der Waals surface area contributed by atoms with Crippen molar-refractivity contribution in [1.29, 1.82) is 0 Å². The zero-order chi connectivity index (χ0) is 21.6. The Morgan fingerprint density at radius 2 is 1.87 bits per heavy atom. The summed E-state index contributed by atoms with van der Waals surface area (Å²) in [6.07, 6.45) is 1.80. The third-order valence-electron chi connectivity index (χ3n) is 5.88. The first-order chi connectivity index (χ1) is 14.3. The molecule has 1 N–H and O–H groups in total. The fraction of sp³-hybridized carbons (Fsp3) is 0.333. The highest BCUT2D eigenvalue weighted by Crippen LogP contribution is 2.43. The zero-order valence-corrected chi connectivity index (χ0v) is 18.8. The quantitative estimate of drug-likeness (QED) is 0.546. The van der Waals surface area contributed by atoms with E-state index in [9.17, 15) is 4.39 Å². The number of aryl methyl sites for hydroxylation is 2. The molecule has 4 rings (SSSR count).